The second-order valence-corrected chi connectivity index (χ2v) is 11.3. The van der Waals surface area contributed by atoms with Crippen LogP contribution in [0.15, 0.2) is 53.4 Å². The topological polar surface area (TPSA) is 54.4 Å². The van der Waals surface area contributed by atoms with Crippen LogP contribution in [-0.4, -0.2) is 13.0 Å². The van der Waals surface area contributed by atoms with E-state index < -0.39 is 18.0 Å². The average molecular weight is 451 g/mol. The Labute approximate surface area is 205 Å². The van der Waals surface area contributed by atoms with Crippen LogP contribution < -0.4 is 45.5 Å². The van der Waals surface area contributed by atoms with Gasteiger partial charge in [-0.3, -0.25) is 4.55 Å². The Morgan fingerprint density at radius 1 is 0.700 bits per heavy atom. The summed E-state index contributed by atoms with van der Waals surface area (Å²) in [5.41, 5.74) is 6.13. The minimum atomic E-state index is -4.30. The molecule has 0 bridgehead atoms. The molecule has 0 aliphatic rings. The van der Waals surface area contributed by atoms with Crippen LogP contribution in [0.4, 0.5) is 0 Å². The van der Waals surface area contributed by atoms with E-state index >= 15 is 0 Å². The maximum atomic E-state index is 12.1. The molecule has 3 aromatic rings. The van der Waals surface area contributed by atoms with E-state index in [0.29, 0.717) is 5.56 Å². The van der Waals surface area contributed by atoms with Crippen LogP contribution in [0, 0.1) is 41.5 Å². The van der Waals surface area contributed by atoms with Crippen LogP contribution in [0.2, 0.25) is 0 Å². The molecule has 0 radical (unpaired) electrons. The second kappa shape index (κ2) is 9.65. The Morgan fingerprint density at radius 2 is 1.13 bits per heavy atom. The zero-order valence-electron chi connectivity index (χ0n) is 19.7. The zero-order chi connectivity index (χ0) is 21.5. The minimum absolute atomic E-state index is 0. The molecule has 3 rings (SSSR count). The number of rotatable bonds is 4. The third-order valence-electron chi connectivity index (χ3n) is 5.21. The predicted octanol–water partition coefficient (Wildman–Crippen LogP) is 1.66. The van der Waals surface area contributed by atoms with Gasteiger partial charge in [-0.1, -0.05) is 53.6 Å². The van der Waals surface area contributed by atoms with Crippen molar-refractivity contribution >= 4 is 34.0 Å². The number of benzene rings is 3. The Hall–Kier alpha value is -1.000. The van der Waals surface area contributed by atoms with E-state index in [1.165, 1.54) is 32.9 Å². The second-order valence-electron chi connectivity index (χ2n) is 7.80. The van der Waals surface area contributed by atoms with Gasteiger partial charge in [0.05, 0.1) is 4.90 Å². The van der Waals surface area contributed by atoms with Gasteiger partial charge in [-0.25, -0.2) is 0 Å². The van der Waals surface area contributed by atoms with Crippen molar-refractivity contribution in [3.63, 3.8) is 0 Å². The van der Waals surface area contributed by atoms with Crippen molar-refractivity contribution in [2.45, 2.75) is 46.4 Å². The van der Waals surface area contributed by atoms with Crippen molar-refractivity contribution in [2.24, 2.45) is 0 Å². The summed E-state index contributed by atoms with van der Waals surface area (Å²) in [6, 6.07) is 16.5. The minimum Gasteiger partial charge on any atom is -1.00 e. The van der Waals surface area contributed by atoms with Crippen LogP contribution in [0.1, 0.15) is 34.8 Å². The molecule has 6 heteroatoms. The molecule has 0 spiro atoms. The summed E-state index contributed by atoms with van der Waals surface area (Å²) in [6.45, 7) is 12.0. The molecule has 0 atom stereocenters. The van der Waals surface area contributed by atoms with Gasteiger partial charge >= 0.3 is 29.6 Å². The molecule has 3 aromatic carbocycles. The summed E-state index contributed by atoms with van der Waals surface area (Å²) in [6.07, 6.45) is 0. The van der Waals surface area contributed by atoms with Crippen LogP contribution >= 0.6 is 7.92 Å². The molecule has 30 heavy (non-hydrogen) atoms. The molecule has 0 aliphatic carbocycles. The third kappa shape index (κ3) is 5.24. The Kier molecular flexibility index (Phi) is 8.12. The number of hydrogen-bond acceptors (Lipinski definition) is 2. The molecule has 0 aromatic heterocycles. The van der Waals surface area contributed by atoms with Crippen LogP contribution in [0.25, 0.3) is 0 Å². The van der Waals surface area contributed by atoms with E-state index in [-0.39, 0.29) is 35.9 Å². The first-order valence-electron chi connectivity index (χ1n) is 9.52. The molecule has 0 saturated carbocycles. The fraction of sp³-hybridized carbons (Fsp3) is 0.250. The fourth-order valence-corrected chi connectivity index (χ4v) is 7.61. The van der Waals surface area contributed by atoms with Crippen molar-refractivity contribution < 1.29 is 44.0 Å². The first kappa shape index (κ1) is 25.3. The Morgan fingerprint density at radius 3 is 1.57 bits per heavy atom. The number of aryl methyl sites for hydroxylation is 5. The molecule has 0 unspecified atom stereocenters. The van der Waals surface area contributed by atoms with E-state index in [0.717, 1.165) is 10.9 Å². The average Bonchev–Trinajstić information content (AvgIpc) is 2.62. The summed E-state index contributed by atoms with van der Waals surface area (Å²) in [7, 11) is -5.30. The van der Waals surface area contributed by atoms with E-state index in [2.05, 4.69) is 70.2 Å². The van der Waals surface area contributed by atoms with Crippen LogP contribution in [-0.2, 0) is 10.1 Å². The van der Waals surface area contributed by atoms with Gasteiger partial charge in [0.1, 0.15) is 0 Å². The maximum absolute atomic E-state index is 12.1. The molecule has 0 saturated heterocycles. The largest absolute Gasteiger partial charge is 1.00 e. The molecule has 0 aliphatic heterocycles. The first-order valence-corrected chi connectivity index (χ1v) is 12.3. The SMILES string of the molecule is Cc1ccc(C)c(P(c2cc(C)ccc2C)c2cc(C)cc(S(=O)(=O)O)c2C)c1.[H-].[Na+]. The van der Waals surface area contributed by atoms with Crippen LogP contribution in [0.3, 0.4) is 0 Å². The van der Waals surface area contributed by atoms with E-state index in [1.54, 1.807) is 13.0 Å². The van der Waals surface area contributed by atoms with E-state index in [9.17, 15) is 13.0 Å². The quantitative estimate of drug-likeness (QED) is 0.374. The van der Waals surface area contributed by atoms with Gasteiger partial charge in [0.15, 0.2) is 0 Å². The monoisotopic (exact) mass is 450 g/mol. The summed E-state index contributed by atoms with van der Waals surface area (Å²) < 4.78 is 33.9. The Balaban J connectivity index is 0.00000240. The Bertz CT molecular complexity index is 1160. The van der Waals surface area contributed by atoms with Gasteiger partial charge in [0.2, 0.25) is 0 Å². The van der Waals surface area contributed by atoms with E-state index in [1.807, 2.05) is 6.92 Å². The molecular weight excluding hydrogens is 422 g/mol. The molecule has 0 fully saturated rings. The molecule has 154 valence electrons. The molecule has 1 N–H and O–H groups in total. The van der Waals surface area contributed by atoms with Gasteiger partial charge in [0.25, 0.3) is 10.1 Å². The number of hydrogen-bond donors (Lipinski definition) is 1. The molecule has 3 nitrogen and oxygen atoms in total. The standard InChI is InChI=1S/C24H27O3PS.Na.H/c1-15-7-9-18(4)21(11-15)28(22-12-16(2)8-10-19(22)5)23-13-17(3)14-24(20(23)6)29(25,26)27;;/h7-14H,1-6H3,(H,25,26,27);;/q;+1;-1. The maximum Gasteiger partial charge on any atom is 1.00 e. The molecular formula is C24H28NaO3PS. The van der Waals surface area contributed by atoms with Gasteiger partial charge in [0, 0.05) is 0 Å². The predicted molar refractivity (Wildman–Crippen MR) is 124 cm³/mol. The normalized spacial score (nSPS) is 11.5. The van der Waals surface area contributed by atoms with Crippen molar-refractivity contribution in [1.29, 1.82) is 0 Å². The van der Waals surface area contributed by atoms with Gasteiger partial charge in [-0.2, -0.15) is 8.42 Å². The van der Waals surface area contributed by atoms with Crippen molar-refractivity contribution in [1.82, 2.24) is 0 Å². The van der Waals surface area contributed by atoms with Crippen molar-refractivity contribution in [3.8, 4) is 0 Å². The van der Waals surface area contributed by atoms with Gasteiger partial charge < -0.3 is 1.43 Å². The van der Waals surface area contributed by atoms with Crippen molar-refractivity contribution in [3.05, 3.63) is 81.9 Å². The summed E-state index contributed by atoms with van der Waals surface area (Å²) in [5.74, 6) is 0. The van der Waals surface area contributed by atoms with Crippen molar-refractivity contribution in [2.75, 3.05) is 0 Å². The summed E-state index contributed by atoms with van der Waals surface area (Å²) in [5, 5.41) is 3.39. The zero-order valence-corrected chi connectivity index (χ0v) is 22.4. The summed E-state index contributed by atoms with van der Waals surface area (Å²) >= 11 is 0. The third-order valence-corrected chi connectivity index (χ3v) is 9.06. The summed E-state index contributed by atoms with van der Waals surface area (Å²) in [4.78, 5) is -0.00406. The molecule has 0 heterocycles. The van der Waals surface area contributed by atoms with Gasteiger partial charge in [-0.15, -0.1) is 0 Å². The first-order chi connectivity index (χ1) is 13.5. The molecule has 0 amide bonds. The fourth-order valence-electron chi connectivity index (χ4n) is 3.62. The van der Waals surface area contributed by atoms with Crippen LogP contribution in [0.5, 0.6) is 0 Å². The van der Waals surface area contributed by atoms with Gasteiger partial charge in [-0.05, 0) is 93.7 Å². The van der Waals surface area contributed by atoms with E-state index in [4.69, 9.17) is 0 Å². The smallest absolute Gasteiger partial charge is 1.00 e.